The Kier molecular flexibility index (Phi) is 3.33. The van der Waals surface area contributed by atoms with E-state index < -0.39 is 6.10 Å². The Bertz CT molecular complexity index is 1020. The van der Waals surface area contributed by atoms with Crippen molar-refractivity contribution in [2.24, 2.45) is 0 Å². The summed E-state index contributed by atoms with van der Waals surface area (Å²) in [6, 6.07) is 18.1. The fraction of sp³-hybridized carbons (Fsp3) is 0.105. The van der Waals surface area contributed by atoms with E-state index >= 15 is 0 Å². The van der Waals surface area contributed by atoms with Crippen molar-refractivity contribution in [3.63, 3.8) is 0 Å². The number of hydrogen-bond donors (Lipinski definition) is 1. The summed E-state index contributed by atoms with van der Waals surface area (Å²) in [6.07, 6.45) is 1.14. The Morgan fingerprint density at radius 3 is 2.61 bits per heavy atom. The van der Waals surface area contributed by atoms with Gasteiger partial charge in [0.05, 0.1) is 22.5 Å². The molecular weight excluding hydrogens is 308 g/mol. The number of imidazole rings is 1. The Balaban J connectivity index is 2.01. The fourth-order valence-electron chi connectivity index (χ4n) is 2.99. The highest BCUT2D eigenvalue weighted by atomic mass is 35.5. The fourth-order valence-corrected chi connectivity index (χ4v) is 3.15. The predicted molar refractivity (Wildman–Crippen MR) is 93.8 cm³/mol. The molecule has 1 N–H and O–H groups in total. The van der Waals surface area contributed by atoms with E-state index in [4.69, 9.17) is 16.6 Å². The van der Waals surface area contributed by atoms with Crippen molar-refractivity contribution in [2.75, 3.05) is 0 Å². The van der Waals surface area contributed by atoms with Crippen LogP contribution in [0.25, 0.3) is 27.7 Å². The van der Waals surface area contributed by atoms with Gasteiger partial charge in [0.25, 0.3) is 0 Å². The number of fused-ring (bicyclic) bond motifs is 2. The van der Waals surface area contributed by atoms with E-state index in [1.807, 2.05) is 28.7 Å². The maximum absolute atomic E-state index is 10.3. The van der Waals surface area contributed by atoms with Crippen LogP contribution >= 0.6 is 11.6 Å². The molecule has 4 heteroatoms. The summed E-state index contributed by atoms with van der Waals surface area (Å²) < 4.78 is 1.86. The van der Waals surface area contributed by atoms with Crippen molar-refractivity contribution in [2.45, 2.75) is 13.0 Å². The molecule has 2 heterocycles. The largest absolute Gasteiger partial charge is 0.387 e. The van der Waals surface area contributed by atoms with E-state index in [-0.39, 0.29) is 0 Å². The summed E-state index contributed by atoms with van der Waals surface area (Å²) in [5.41, 5.74) is 3.29. The third kappa shape index (κ3) is 2.38. The quantitative estimate of drug-likeness (QED) is 0.572. The van der Waals surface area contributed by atoms with Gasteiger partial charge < -0.3 is 5.11 Å². The molecule has 114 valence electrons. The van der Waals surface area contributed by atoms with E-state index in [1.54, 1.807) is 19.2 Å². The van der Waals surface area contributed by atoms with Gasteiger partial charge in [0.2, 0.25) is 0 Å². The van der Waals surface area contributed by atoms with Crippen molar-refractivity contribution in [1.29, 1.82) is 0 Å². The first-order chi connectivity index (χ1) is 11.1. The van der Waals surface area contributed by atoms with Crippen LogP contribution in [0, 0.1) is 0 Å². The molecule has 23 heavy (non-hydrogen) atoms. The highest BCUT2D eigenvalue weighted by Crippen LogP contribution is 2.31. The Labute approximate surface area is 138 Å². The number of benzene rings is 2. The van der Waals surface area contributed by atoms with Gasteiger partial charge in [0.15, 0.2) is 0 Å². The molecule has 0 aliphatic heterocycles. The van der Waals surface area contributed by atoms with Gasteiger partial charge in [-0.2, -0.15) is 0 Å². The number of hydrogen-bond acceptors (Lipinski definition) is 2. The first kappa shape index (κ1) is 14.2. The molecule has 2 aromatic carbocycles. The van der Waals surface area contributed by atoms with Gasteiger partial charge in [-0.1, -0.05) is 48.0 Å². The normalized spacial score (nSPS) is 12.8. The third-order valence-corrected chi connectivity index (χ3v) is 4.26. The van der Waals surface area contributed by atoms with E-state index in [2.05, 4.69) is 24.3 Å². The van der Waals surface area contributed by atoms with Crippen molar-refractivity contribution in [1.82, 2.24) is 9.38 Å². The Morgan fingerprint density at radius 1 is 1.04 bits per heavy atom. The number of aromatic nitrogens is 2. The van der Waals surface area contributed by atoms with Gasteiger partial charge in [-0.05, 0) is 35.9 Å². The molecule has 0 aliphatic carbocycles. The second kappa shape index (κ2) is 5.37. The average Bonchev–Trinajstić information content (AvgIpc) is 2.93. The predicted octanol–water partition coefficient (Wildman–Crippen LogP) is 4.86. The van der Waals surface area contributed by atoms with Crippen LogP contribution < -0.4 is 0 Å². The zero-order valence-corrected chi connectivity index (χ0v) is 13.3. The SMILES string of the molecule is CC(O)c1c(-c2ccc3ccccc3c2)nc2ccc(Cl)cn12. The number of pyridine rings is 1. The highest BCUT2D eigenvalue weighted by molar-refractivity contribution is 6.30. The lowest BCUT2D eigenvalue weighted by atomic mass is 10.0. The molecule has 4 aromatic rings. The molecule has 0 amide bonds. The van der Waals surface area contributed by atoms with Crippen molar-refractivity contribution < 1.29 is 5.11 Å². The van der Waals surface area contributed by atoms with Crippen molar-refractivity contribution >= 4 is 28.0 Å². The molecule has 1 unspecified atom stereocenters. The number of nitrogens with zero attached hydrogens (tertiary/aromatic N) is 2. The summed E-state index contributed by atoms with van der Waals surface area (Å²) in [5.74, 6) is 0. The van der Waals surface area contributed by atoms with Gasteiger partial charge in [-0.25, -0.2) is 4.98 Å². The second-order valence-corrected chi connectivity index (χ2v) is 6.10. The zero-order chi connectivity index (χ0) is 16.0. The molecule has 0 saturated heterocycles. The highest BCUT2D eigenvalue weighted by Gasteiger charge is 2.18. The van der Waals surface area contributed by atoms with Gasteiger partial charge in [0.1, 0.15) is 5.65 Å². The van der Waals surface area contributed by atoms with E-state index in [1.165, 1.54) is 5.39 Å². The first-order valence-corrected chi connectivity index (χ1v) is 7.86. The number of aliphatic hydroxyl groups excluding tert-OH is 1. The summed E-state index contributed by atoms with van der Waals surface area (Å²) in [6.45, 7) is 1.74. The smallest absolute Gasteiger partial charge is 0.137 e. The average molecular weight is 323 g/mol. The molecule has 0 spiro atoms. The maximum Gasteiger partial charge on any atom is 0.137 e. The molecule has 3 nitrogen and oxygen atoms in total. The number of rotatable bonds is 2. The summed E-state index contributed by atoms with van der Waals surface area (Å²) >= 11 is 6.10. The lowest BCUT2D eigenvalue weighted by Crippen LogP contribution is -1.99. The lowest BCUT2D eigenvalue weighted by molar-refractivity contribution is 0.194. The van der Waals surface area contributed by atoms with Crippen LogP contribution in [0.2, 0.25) is 5.02 Å². The summed E-state index contributed by atoms with van der Waals surface area (Å²) in [5, 5.41) is 13.2. The molecular formula is C19H15ClN2O. The van der Waals surface area contributed by atoms with Crippen LogP contribution in [-0.2, 0) is 0 Å². The molecule has 0 bridgehead atoms. The van der Waals surface area contributed by atoms with E-state index in [9.17, 15) is 5.11 Å². The first-order valence-electron chi connectivity index (χ1n) is 7.48. The van der Waals surface area contributed by atoms with Crippen LogP contribution in [0.5, 0.6) is 0 Å². The minimum absolute atomic E-state index is 0.613. The molecule has 4 rings (SSSR count). The standard InChI is InChI=1S/C19H15ClN2O/c1-12(23)19-18(21-17-9-8-16(20)11-22(17)19)15-7-6-13-4-2-3-5-14(13)10-15/h2-12,23H,1H3. The number of halogens is 1. The third-order valence-electron chi connectivity index (χ3n) is 4.04. The zero-order valence-electron chi connectivity index (χ0n) is 12.6. The van der Waals surface area contributed by atoms with Gasteiger partial charge in [-0.3, -0.25) is 4.40 Å². The summed E-state index contributed by atoms with van der Waals surface area (Å²) in [7, 11) is 0. The van der Waals surface area contributed by atoms with Crippen LogP contribution in [-0.4, -0.2) is 14.5 Å². The van der Waals surface area contributed by atoms with E-state index in [0.29, 0.717) is 5.02 Å². The van der Waals surface area contributed by atoms with Gasteiger partial charge in [0, 0.05) is 11.8 Å². The van der Waals surface area contributed by atoms with Gasteiger partial charge >= 0.3 is 0 Å². The summed E-state index contributed by atoms with van der Waals surface area (Å²) in [4.78, 5) is 4.70. The Hall–Kier alpha value is -2.36. The molecule has 0 radical (unpaired) electrons. The van der Waals surface area contributed by atoms with Crippen molar-refractivity contribution in [3.05, 3.63) is 71.5 Å². The molecule has 1 atom stereocenters. The molecule has 0 aliphatic rings. The monoisotopic (exact) mass is 322 g/mol. The number of aliphatic hydroxyl groups is 1. The molecule has 0 fully saturated rings. The molecule has 0 saturated carbocycles. The lowest BCUT2D eigenvalue weighted by Gasteiger charge is -2.09. The van der Waals surface area contributed by atoms with Gasteiger partial charge in [-0.15, -0.1) is 0 Å². The van der Waals surface area contributed by atoms with Crippen LogP contribution in [0.1, 0.15) is 18.7 Å². The minimum atomic E-state index is -0.648. The Morgan fingerprint density at radius 2 is 1.83 bits per heavy atom. The maximum atomic E-state index is 10.3. The van der Waals surface area contributed by atoms with E-state index in [0.717, 1.165) is 28.0 Å². The minimum Gasteiger partial charge on any atom is -0.387 e. The van der Waals surface area contributed by atoms with Crippen molar-refractivity contribution in [3.8, 4) is 11.3 Å². The molecule has 2 aromatic heterocycles. The van der Waals surface area contributed by atoms with Crippen LogP contribution in [0.15, 0.2) is 60.8 Å². The second-order valence-electron chi connectivity index (χ2n) is 5.66. The van der Waals surface area contributed by atoms with Crippen LogP contribution in [0.4, 0.5) is 0 Å². The topological polar surface area (TPSA) is 37.5 Å². The van der Waals surface area contributed by atoms with Crippen LogP contribution in [0.3, 0.4) is 0 Å².